The predicted molar refractivity (Wildman–Crippen MR) is 134 cm³/mol. The van der Waals surface area contributed by atoms with Crippen LogP contribution in [-0.2, 0) is 9.53 Å². The van der Waals surface area contributed by atoms with E-state index >= 15 is 0 Å². The van der Waals surface area contributed by atoms with E-state index in [0.717, 1.165) is 5.56 Å². The second-order valence-corrected chi connectivity index (χ2v) is 7.83. The Balaban J connectivity index is 1.56. The maximum absolute atomic E-state index is 13.3. The highest BCUT2D eigenvalue weighted by Crippen LogP contribution is 2.36. The van der Waals surface area contributed by atoms with Crippen LogP contribution in [0.1, 0.15) is 5.56 Å². The molecule has 0 aliphatic carbocycles. The van der Waals surface area contributed by atoms with Crippen molar-refractivity contribution < 1.29 is 32.9 Å². The Kier molecular flexibility index (Phi) is 7.75. The number of carbonyl (C=O) groups is 1. The minimum Gasteiger partial charge on any atom is -0.493 e. The molecule has 0 unspecified atom stereocenters. The third-order valence-corrected chi connectivity index (χ3v) is 5.34. The summed E-state index contributed by atoms with van der Waals surface area (Å²) in [7, 11) is 3.04. The SMILES string of the molecule is COc1ccc(-c2oc3cc(C)ccc3c(=O)c2OCC(=O)OCCOc2ccccc2)cc1OC. The normalized spacial score (nSPS) is 10.6. The average Bonchev–Trinajstić information content (AvgIpc) is 2.90. The first-order valence-electron chi connectivity index (χ1n) is 11.3. The molecule has 0 aliphatic heterocycles. The van der Waals surface area contributed by atoms with Crippen molar-refractivity contribution in [2.45, 2.75) is 6.92 Å². The van der Waals surface area contributed by atoms with Crippen LogP contribution >= 0.6 is 0 Å². The third-order valence-electron chi connectivity index (χ3n) is 5.34. The van der Waals surface area contributed by atoms with Crippen molar-refractivity contribution in [2.24, 2.45) is 0 Å². The molecule has 0 aliphatic rings. The molecule has 0 amide bonds. The topological polar surface area (TPSA) is 93.4 Å². The van der Waals surface area contributed by atoms with Gasteiger partial charge in [0.1, 0.15) is 24.5 Å². The van der Waals surface area contributed by atoms with Gasteiger partial charge in [0, 0.05) is 5.56 Å². The lowest BCUT2D eigenvalue weighted by Gasteiger charge is -2.14. The van der Waals surface area contributed by atoms with Crippen LogP contribution in [0.5, 0.6) is 23.0 Å². The molecule has 0 bridgehead atoms. The van der Waals surface area contributed by atoms with Crippen molar-refractivity contribution >= 4 is 16.9 Å². The Hall–Kier alpha value is -4.46. The summed E-state index contributed by atoms with van der Waals surface area (Å²) < 4.78 is 33.2. The van der Waals surface area contributed by atoms with Gasteiger partial charge < -0.3 is 28.1 Å². The van der Waals surface area contributed by atoms with E-state index < -0.39 is 18.0 Å². The van der Waals surface area contributed by atoms with E-state index in [2.05, 4.69) is 0 Å². The molecule has 0 N–H and O–H groups in total. The number of carbonyl (C=O) groups excluding carboxylic acids is 1. The zero-order chi connectivity index (χ0) is 25.5. The smallest absolute Gasteiger partial charge is 0.344 e. The van der Waals surface area contributed by atoms with E-state index in [1.54, 1.807) is 48.5 Å². The minimum atomic E-state index is -0.645. The van der Waals surface area contributed by atoms with Crippen LogP contribution in [0, 0.1) is 6.92 Å². The lowest BCUT2D eigenvalue weighted by atomic mass is 10.1. The van der Waals surface area contributed by atoms with E-state index in [0.29, 0.717) is 33.8 Å². The number of esters is 1. The highest BCUT2D eigenvalue weighted by atomic mass is 16.6. The molecule has 0 atom stereocenters. The van der Waals surface area contributed by atoms with Gasteiger partial charge in [-0.1, -0.05) is 24.3 Å². The molecule has 8 heteroatoms. The largest absolute Gasteiger partial charge is 0.493 e. The first-order chi connectivity index (χ1) is 17.5. The number of hydrogen-bond acceptors (Lipinski definition) is 8. The summed E-state index contributed by atoms with van der Waals surface area (Å²) in [6.45, 7) is 1.64. The van der Waals surface area contributed by atoms with Crippen LogP contribution in [0.3, 0.4) is 0 Å². The molecule has 36 heavy (non-hydrogen) atoms. The number of hydrogen-bond donors (Lipinski definition) is 0. The fraction of sp³-hybridized carbons (Fsp3) is 0.214. The summed E-state index contributed by atoms with van der Waals surface area (Å²) in [6.07, 6.45) is 0. The maximum Gasteiger partial charge on any atom is 0.344 e. The Morgan fingerprint density at radius 1 is 0.861 bits per heavy atom. The van der Waals surface area contributed by atoms with Crippen LogP contribution in [0.4, 0.5) is 0 Å². The number of methoxy groups -OCH3 is 2. The second kappa shape index (κ2) is 11.3. The zero-order valence-corrected chi connectivity index (χ0v) is 20.2. The molecule has 186 valence electrons. The van der Waals surface area contributed by atoms with Gasteiger partial charge in [-0.25, -0.2) is 4.79 Å². The van der Waals surface area contributed by atoms with E-state index in [1.165, 1.54) is 14.2 Å². The standard InChI is InChI=1S/C28H26O8/c1-18-9-11-21-23(15-18)36-27(19-10-12-22(31-2)24(16-19)32-3)28(26(21)30)35-17-25(29)34-14-13-33-20-7-5-4-6-8-20/h4-12,15-16H,13-14,17H2,1-3H3. The molecule has 3 aromatic carbocycles. The summed E-state index contributed by atoms with van der Waals surface area (Å²) in [5.74, 6) is 1.06. The number of aryl methyl sites for hydroxylation is 1. The minimum absolute atomic E-state index is 0.0330. The van der Waals surface area contributed by atoms with Crippen molar-refractivity contribution in [3.63, 3.8) is 0 Å². The summed E-state index contributed by atoms with van der Waals surface area (Å²) in [6, 6.07) is 19.5. The van der Waals surface area contributed by atoms with Gasteiger partial charge in [0.25, 0.3) is 0 Å². The Morgan fingerprint density at radius 3 is 2.39 bits per heavy atom. The molecule has 0 saturated carbocycles. The monoisotopic (exact) mass is 490 g/mol. The maximum atomic E-state index is 13.3. The van der Waals surface area contributed by atoms with Gasteiger partial charge in [-0.2, -0.15) is 0 Å². The lowest BCUT2D eigenvalue weighted by Crippen LogP contribution is -2.21. The molecule has 4 aromatic rings. The first kappa shape index (κ1) is 24.7. The highest BCUT2D eigenvalue weighted by molar-refractivity contribution is 5.83. The number of fused-ring (bicyclic) bond motifs is 1. The Labute approximate surface area is 207 Å². The number of benzene rings is 3. The lowest BCUT2D eigenvalue weighted by molar-refractivity contribution is -0.146. The Bertz CT molecular complexity index is 1410. The molecule has 0 spiro atoms. The van der Waals surface area contributed by atoms with Gasteiger partial charge in [-0.15, -0.1) is 0 Å². The van der Waals surface area contributed by atoms with Gasteiger partial charge in [0.15, 0.2) is 23.9 Å². The van der Waals surface area contributed by atoms with Crippen LogP contribution in [0.25, 0.3) is 22.3 Å². The van der Waals surface area contributed by atoms with Crippen LogP contribution < -0.4 is 24.4 Å². The molecular formula is C28H26O8. The predicted octanol–water partition coefficient (Wildman–Crippen LogP) is 4.79. The van der Waals surface area contributed by atoms with Gasteiger partial charge in [0.2, 0.25) is 11.2 Å². The molecule has 0 radical (unpaired) electrons. The van der Waals surface area contributed by atoms with Crippen molar-refractivity contribution in [1.29, 1.82) is 0 Å². The summed E-state index contributed by atoms with van der Waals surface area (Å²) in [4.78, 5) is 25.6. The van der Waals surface area contributed by atoms with E-state index in [-0.39, 0.29) is 24.7 Å². The van der Waals surface area contributed by atoms with Crippen LogP contribution in [0.2, 0.25) is 0 Å². The van der Waals surface area contributed by atoms with Gasteiger partial charge in [-0.3, -0.25) is 4.79 Å². The summed E-state index contributed by atoms with van der Waals surface area (Å²) in [5, 5.41) is 0.337. The second-order valence-electron chi connectivity index (χ2n) is 7.83. The summed E-state index contributed by atoms with van der Waals surface area (Å²) >= 11 is 0. The highest BCUT2D eigenvalue weighted by Gasteiger charge is 2.20. The number of ether oxygens (including phenoxy) is 5. The molecular weight excluding hydrogens is 464 g/mol. The molecule has 0 saturated heterocycles. The van der Waals surface area contributed by atoms with Gasteiger partial charge in [0.05, 0.1) is 19.6 Å². The van der Waals surface area contributed by atoms with Crippen molar-refractivity contribution in [3.05, 3.63) is 82.5 Å². The van der Waals surface area contributed by atoms with E-state index in [1.807, 2.05) is 25.1 Å². The van der Waals surface area contributed by atoms with Crippen molar-refractivity contribution in [2.75, 3.05) is 34.0 Å². The van der Waals surface area contributed by atoms with Crippen molar-refractivity contribution in [3.8, 4) is 34.3 Å². The average molecular weight is 491 g/mol. The molecule has 4 rings (SSSR count). The molecule has 1 heterocycles. The fourth-order valence-corrected chi connectivity index (χ4v) is 3.59. The zero-order valence-electron chi connectivity index (χ0n) is 20.2. The molecule has 1 aromatic heterocycles. The number of rotatable bonds is 10. The Morgan fingerprint density at radius 2 is 1.64 bits per heavy atom. The molecule has 8 nitrogen and oxygen atoms in total. The van der Waals surface area contributed by atoms with Crippen LogP contribution in [0.15, 0.2) is 75.9 Å². The first-order valence-corrected chi connectivity index (χ1v) is 11.3. The molecule has 0 fully saturated rings. The van der Waals surface area contributed by atoms with E-state index in [9.17, 15) is 9.59 Å². The third kappa shape index (κ3) is 5.60. The van der Waals surface area contributed by atoms with Crippen molar-refractivity contribution in [1.82, 2.24) is 0 Å². The fourth-order valence-electron chi connectivity index (χ4n) is 3.59. The number of para-hydroxylation sites is 1. The van der Waals surface area contributed by atoms with E-state index in [4.69, 9.17) is 28.1 Å². The van der Waals surface area contributed by atoms with Gasteiger partial charge >= 0.3 is 5.97 Å². The van der Waals surface area contributed by atoms with Gasteiger partial charge in [-0.05, 0) is 55.0 Å². The van der Waals surface area contributed by atoms with Crippen LogP contribution in [-0.4, -0.2) is 40.0 Å². The quantitative estimate of drug-likeness (QED) is 0.231. The summed E-state index contributed by atoms with van der Waals surface area (Å²) in [5.41, 5.74) is 1.45.